The second-order valence-electron chi connectivity index (χ2n) is 3.41. The van der Waals surface area contributed by atoms with Crippen LogP contribution in [0.4, 0.5) is 4.39 Å². The molecule has 1 heterocycles. The van der Waals surface area contributed by atoms with Gasteiger partial charge in [-0.3, -0.25) is 0 Å². The number of sulfone groups is 1. The lowest BCUT2D eigenvalue weighted by molar-refractivity contribution is 0.175. The van der Waals surface area contributed by atoms with Crippen LogP contribution in [-0.2, 0) is 14.6 Å². The molecule has 0 saturated heterocycles. The molecule has 0 N–H and O–H groups in total. The summed E-state index contributed by atoms with van der Waals surface area (Å²) < 4.78 is 42.3. The summed E-state index contributed by atoms with van der Waals surface area (Å²) in [7, 11) is -3.69. The van der Waals surface area contributed by atoms with Gasteiger partial charge in [0.1, 0.15) is 10.7 Å². The molecule has 86 valence electrons. The van der Waals surface area contributed by atoms with E-state index in [2.05, 4.69) is 0 Å². The van der Waals surface area contributed by atoms with Crippen molar-refractivity contribution < 1.29 is 17.5 Å². The van der Waals surface area contributed by atoms with Crippen LogP contribution in [-0.4, -0.2) is 21.6 Å². The predicted octanol–water partition coefficient (Wildman–Crippen LogP) is 1.99. The van der Waals surface area contributed by atoms with E-state index in [1.807, 2.05) is 0 Å². The Bertz CT molecular complexity index is 546. The van der Waals surface area contributed by atoms with E-state index in [0.717, 1.165) is 6.07 Å². The Kier molecular flexibility index (Phi) is 2.82. The molecule has 0 saturated carbocycles. The molecule has 5 heteroatoms. The summed E-state index contributed by atoms with van der Waals surface area (Å²) in [6.45, 7) is 2.19. The zero-order chi connectivity index (χ0) is 11.8. The van der Waals surface area contributed by atoms with Crippen LogP contribution in [0.15, 0.2) is 28.0 Å². The Labute approximate surface area is 93.5 Å². The monoisotopic (exact) mass is 242 g/mol. The van der Waals surface area contributed by atoms with Gasteiger partial charge >= 0.3 is 0 Å². The van der Waals surface area contributed by atoms with Gasteiger partial charge in [0, 0.05) is 6.61 Å². The summed E-state index contributed by atoms with van der Waals surface area (Å²) >= 11 is 0. The van der Waals surface area contributed by atoms with Crippen LogP contribution in [0.25, 0.3) is 6.08 Å². The second-order valence-corrected chi connectivity index (χ2v) is 5.35. The van der Waals surface area contributed by atoms with Gasteiger partial charge in [-0.05, 0) is 24.6 Å². The van der Waals surface area contributed by atoms with E-state index < -0.39 is 15.7 Å². The lowest BCUT2D eigenvalue weighted by atomic mass is 10.2. The van der Waals surface area contributed by atoms with Crippen LogP contribution < -0.4 is 0 Å². The van der Waals surface area contributed by atoms with Gasteiger partial charge < -0.3 is 4.74 Å². The van der Waals surface area contributed by atoms with E-state index in [1.165, 1.54) is 12.1 Å². The Morgan fingerprint density at radius 1 is 1.38 bits per heavy atom. The molecule has 1 aliphatic heterocycles. The number of fused-ring (bicyclic) bond motifs is 1. The highest BCUT2D eigenvalue weighted by Crippen LogP contribution is 2.34. The fourth-order valence-corrected chi connectivity index (χ4v) is 3.17. The molecule has 1 aliphatic rings. The normalized spacial score (nSPS) is 17.0. The van der Waals surface area contributed by atoms with Crippen LogP contribution in [0.2, 0.25) is 0 Å². The molecular weight excluding hydrogens is 231 g/mol. The van der Waals surface area contributed by atoms with Crippen molar-refractivity contribution >= 4 is 15.9 Å². The molecule has 0 spiro atoms. The molecule has 0 aromatic heterocycles. The molecule has 0 fully saturated rings. The minimum Gasteiger partial charge on any atom is -0.376 e. The summed E-state index contributed by atoms with van der Waals surface area (Å²) in [5.74, 6) is -0.708. The topological polar surface area (TPSA) is 43.4 Å². The summed E-state index contributed by atoms with van der Waals surface area (Å²) in [6, 6.07) is 4.21. The number of hydrogen-bond acceptors (Lipinski definition) is 3. The van der Waals surface area contributed by atoms with E-state index >= 15 is 0 Å². The molecule has 2 rings (SSSR count). The maximum absolute atomic E-state index is 13.4. The number of benzene rings is 1. The standard InChI is InChI=1S/C11H11FO3S/c1-2-15-7-9-6-8-4-3-5-10(12)11(8)16(9,13)14/h3-6H,2,7H2,1H3. The number of ether oxygens (including phenoxy) is 1. The summed E-state index contributed by atoms with van der Waals surface area (Å²) in [6.07, 6.45) is 1.46. The maximum atomic E-state index is 13.4. The van der Waals surface area contributed by atoms with Gasteiger partial charge in [-0.25, -0.2) is 12.8 Å². The molecular formula is C11H11FO3S. The Balaban J connectivity index is 2.48. The van der Waals surface area contributed by atoms with Crippen molar-refractivity contribution in [1.82, 2.24) is 0 Å². The van der Waals surface area contributed by atoms with Crippen LogP contribution in [0.5, 0.6) is 0 Å². The first kappa shape index (κ1) is 11.3. The van der Waals surface area contributed by atoms with E-state index in [0.29, 0.717) is 12.2 Å². The molecule has 0 amide bonds. The molecule has 0 bridgehead atoms. The van der Waals surface area contributed by atoms with Crippen molar-refractivity contribution in [2.75, 3.05) is 13.2 Å². The van der Waals surface area contributed by atoms with Crippen molar-refractivity contribution in [2.45, 2.75) is 11.8 Å². The average molecular weight is 242 g/mol. The van der Waals surface area contributed by atoms with Crippen molar-refractivity contribution in [1.29, 1.82) is 0 Å². The van der Waals surface area contributed by atoms with Gasteiger partial charge in [-0.15, -0.1) is 0 Å². The van der Waals surface area contributed by atoms with Gasteiger partial charge in [0.15, 0.2) is 0 Å². The average Bonchev–Trinajstić information content (AvgIpc) is 2.48. The van der Waals surface area contributed by atoms with Crippen LogP contribution in [0.1, 0.15) is 12.5 Å². The van der Waals surface area contributed by atoms with E-state index in [-0.39, 0.29) is 16.4 Å². The molecule has 0 unspecified atom stereocenters. The highest BCUT2D eigenvalue weighted by molar-refractivity contribution is 7.95. The van der Waals surface area contributed by atoms with Gasteiger partial charge in [0.05, 0.1) is 11.5 Å². The van der Waals surface area contributed by atoms with Gasteiger partial charge in [0.25, 0.3) is 0 Å². The fraction of sp³-hybridized carbons (Fsp3) is 0.273. The Morgan fingerprint density at radius 2 is 2.12 bits per heavy atom. The lowest BCUT2D eigenvalue weighted by Crippen LogP contribution is -2.08. The van der Waals surface area contributed by atoms with Crippen LogP contribution >= 0.6 is 0 Å². The number of halogens is 1. The quantitative estimate of drug-likeness (QED) is 0.814. The van der Waals surface area contributed by atoms with Gasteiger partial charge in [-0.2, -0.15) is 0 Å². The Morgan fingerprint density at radius 3 is 2.75 bits per heavy atom. The van der Waals surface area contributed by atoms with Crippen molar-refractivity contribution in [2.24, 2.45) is 0 Å². The zero-order valence-electron chi connectivity index (χ0n) is 8.73. The number of rotatable bonds is 3. The largest absolute Gasteiger partial charge is 0.376 e. The summed E-state index contributed by atoms with van der Waals surface area (Å²) in [5.41, 5.74) is 0.398. The van der Waals surface area contributed by atoms with Crippen LogP contribution in [0.3, 0.4) is 0 Å². The van der Waals surface area contributed by atoms with Crippen molar-refractivity contribution in [3.8, 4) is 0 Å². The first-order valence-electron chi connectivity index (χ1n) is 4.89. The maximum Gasteiger partial charge on any atom is 0.208 e. The molecule has 0 atom stereocenters. The SMILES string of the molecule is CCOCC1=Cc2cccc(F)c2S1(=O)=O. The van der Waals surface area contributed by atoms with Crippen molar-refractivity contribution in [3.63, 3.8) is 0 Å². The third kappa shape index (κ3) is 1.66. The second kappa shape index (κ2) is 3.99. The van der Waals surface area contributed by atoms with Gasteiger partial charge in [-0.1, -0.05) is 12.1 Å². The molecule has 3 nitrogen and oxygen atoms in total. The summed E-state index contributed by atoms with van der Waals surface area (Å²) in [4.78, 5) is -0.112. The first-order chi connectivity index (χ1) is 7.57. The predicted molar refractivity (Wildman–Crippen MR) is 58.1 cm³/mol. The van der Waals surface area contributed by atoms with E-state index in [4.69, 9.17) is 4.74 Å². The molecule has 0 aliphatic carbocycles. The molecule has 0 radical (unpaired) electrons. The highest BCUT2D eigenvalue weighted by Gasteiger charge is 2.32. The van der Waals surface area contributed by atoms with E-state index in [9.17, 15) is 12.8 Å². The first-order valence-corrected chi connectivity index (χ1v) is 6.37. The molecule has 1 aromatic rings. The fourth-order valence-electron chi connectivity index (χ4n) is 1.63. The molecule has 1 aromatic carbocycles. The smallest absolute Gasteiger partial charge is 0.208 e. The zero-order valence-corrected chi connectivity index (χ0v) is 9.55. The minimum atomic E-state index is -3.69. The number of hydrogen-bond donors (Lipinski definition) is 0. The van der Waals surface area contributed by atoms with Gasteiger partial charge in [0.2, 0.25) is 9.84 Å². The Hall–Kier alpha value is -1.20. The highest BCUT2D eigenvalue weighted by atomic mass is 32.2. The molecule has 16 heavy (non-hydrogen) atoms. The minimum absolute atomic E-state index is 0.00699. The van der Waals surface area contributed by atoms with Crippen molar-refractivity contribution in [3.05, 3.63) is 34.5 Å². The van der Waals surface area contributed by atoms with Crippen LogP contribution in [0, 0.1) is 5.82 Å². The lowest BCUT2D eigenvalue weighted by Gasteiger charge is -2.04. The third-order valence-electron chi connectivity index (χ3n) is 2.38. The summed E-state index contributed by atoms with van der Waals surface area (Å²) in [5, 5.41) is 0. The third-order valence-corrected chi connectivity index (χ3v) is 4.27. The van der Waals surface area contributed by atoms with E-state index in [1.54, 1.807) is 13.0 Å².